The SMILES string of the molecule is C[C@H]1OCC(=O)N(Cc2ccccc2)[C@@H]1C(=O)Nc1nncn1C1CC1. The summed E-state index contributed by atoms with van der Waals surface area (Å²) >= 11 is 0. The van der Waals surface area contributed by atoms with E-state index in [1.165, 1.54) is 0 Å². The van der Waals surface area contributed by atoms with Crippen molar-refractivity contribution >= 4 is 17.8 Å². The van der Waals surface area contributed by atoms with Crippen LogP contribution in [0.4, 0.5) is 5.95 Å². The number of rotatable bonds is 5. The molecule has 1 saturated carbocycles. The molecule has 1 aliphatic carbocycles. The number of carbonyl (C=O) groups excluding carboxylic acids is 2. The lowest BCUT2D eigenvalue weighted by Crippen LogP contribution is -2.58. The number of carbonyl (C=O) groups is 2. The van der Waals surface area contributed by atoms with Gasteiger partial charge in [-0.1, -0.05) is 30.3 Å². The molecule has 1 aliphatic heterocycles. The van der Waals surface area contributed by atoms with Crippen LogP contribution in [0.3, 0.4) is 0 Å². The number of nitrogens with one attached hydrogen (secondary N) is 1. The highest BCUT2D eigenvalue weighted by Crippen LogP contribution is 2.36. The number of aromatic nitrogens is 3. The van der Waals surface area contributed by atoms with Gasteiger partial charge in [-0.25, -0.2) is 0 Å². The van der Waals surface area contributed by atoms with Crippen LogP contribution in [0.5, 0.6) is 0 Å². The molecule has 2 amide bonds. The highest BCUT2D eigenvalue weighted by molar-refractivity contribution is 5.97. The molecule has 0 radical (unpaired) electrons. The summed E-state index contributed by atoms with van der Waals surface area (Å²) in [5.41, 5.74) is 0.967. The van der Waals surface area contributed by atoms with Crippen LogP contribution in [0.25, 0.3) is 0 Å². The van der Waals surface area contributed by atoms with Gasteiger partial charge in [0.25, 0.3) is 5.91 Å². The molecular formula is C18H21N5O3. The lowest BCUT2D eigenvalue weighted by atomic mass is 10.1. The number of anilines is 1. The standard InChI is InChI=1S/C18H21N5O3/c1-12-16(17(25)20-18-21-19-11-23(18)14-7-8-14)22(15(24)10-26-12)9-13-5-3-2-4-6-13/h2-6,11-12,14,16H,7-10H2,1H3,(H,20,21,25)/t12-,16+/m1/s1. The van der Waals surface area contributed by atoms with Crippen molar-refractivity contribution in [3.63, 3.8) is 0 Å². The second-order valence-corrected chi connectivity index (χ2v) is 6.75. The van der Waals surface area contributed by atoms with Gasteiger partial charge < -0.3 is 9.64 Å². The van der Waals surface area contributed by atoms with E-state index in [9.17, 15) is 9.59 Å². The van der Waals surface area contributed by atoms with Crippen molar-refractivity contribution in [3.8, 4) is 0 Å². The van der Waals surface area contributed by atoms with Gasteiger partial charge in [-0.2, -0.15) is 0 Å². The Hall–Kier alpha value is -2.74. The third kappa shape index (κ3) is 3.32. The predicted molar refractivity (Wildman–Crippen MR) is 93.1 cm³/mol. The summed E-state index contributed by atoms with van der Waals surface area (Å²) in [5, 5.41) is 10.7. The van der Waals surface area contributed by atoms with E-state index < -0.39 is 12.1 Å². The van der Waals surface area contributed by atoms with Crippen LogP contribution in [0.2, 0.25) is 0 Å². The number of nitrogens with zero attached hydrogens (tertiary/aromatic N) is 4. The zero-order valence-electron chi connectivity index (χ0n) is 14.5. The molecule has 4 rings (SSSR count). The third-order valence-electron chi connectivity index (χ3n) is 4.78. The summed E-state index contributed by atoms with van der Waals surface area (Å²) in [6.07, 6.45) is 3.33. The summed E-state index contributed by atoms with van der Waals surface area (Å²) in [6, 6.07) is 9.25. The van der Waals surface area contributed by atoms with Crippen LogP contribution in [0, 0.1) is 0 Å². The molecule has 0 spiro atoms. The van der Waals surface area contributed by atoms with Crippen LogP contribution in [0.15, 0.2) is 36.7 Å². The van der Waals surface area contributed by atoms with Gasteiger partial charge in [0, 0.05) is 12.6 Å². The van der Waals surface area contributed by atoms with Crippen molar-refractivity contribution in [2.75, 3.05) is 11.9 Å². The fraction of sp³-hybridized carbons (Fsp3) is 0.444. The van der Waals surface area contributed by atoms with Gasteiger partial charge in [0.2, 0.25) is 11.9 Å². The highest BCUT2D eigenvalue weighted by Gasteiger charge is 2.40. The fourth-order valence-corrected chi connectivity index (χ4v) is 3.24. The van der Waals surface area contributed by atoms with Crippen LogP contribution < -0.4 is 5.32 Å². The Morgan fingerprint density at radius 2 is 2.08 bits per heavy atom. The van der Waals surface area contributed by atoms with Crippen LogP contribution in [0.1, 0.15) is 31.4 Å². The minimum atomic E-state index is -0.721. The molecule has 0 unspecified atom stereocenters. The maximum atomic E-state index is 13.0. The molecule has 136 valence electrons. The predicted octanol–water partition coefficient (Wildman–Crippen LogP) is 1.37. The Bertz CT molecular complexity index is 802. The quantitative estimate of drug-likeness (QED) is 0.875. The van der Waals surface area contributed by atoms with Crippen molar-refractivity contribution in [2.45, 2.75) is 44.5 Å². The first-order valence-electron chi connectivity index (χ1n) is 8.79. The second-order valence-electron chi connectivity index (χ2n) is 6.75. The van der Waals surface area contributed by atoms with Crippen LogP contribution in [-0.4, -0.2) is 50.2 Å². The summed E-state index contributed by atoms with van der Waals surface area (Å²) in [4.78, 5) is 27.0. The number of ether oxygens (including phenoxy) is 1. The first-order valence-corrected chi connectivity index (χ1v) is 8.79. The summed E-state index contributed by atoms with van der Waals surface area (Å²) in [7, 11) is 0. The average molecular weight is 355 g/mol. The van der Waals surface area contributed by atoms with E-state index in [4.69, 9.17) is 4.74 Å². The Labute approximate surface area is 151 Å². The van der Waals surface area contributed by atoms with Crippen molar-refractivity contribution < 1.29 is 14.3 Å². The zero-order valence-corrected chi connectivity index (χ0v) is 14.5. The molecule has 26 heavy (non-hydrogen) atoms. The molecule has 2 fully saturated rings. The first-order chi connectivity index (χ1) is 12.6. The Kier molecular flexibility index (Phi) is 4.42. The molecule has 0 bridgehead atoms. The van der Waals surface area contributed by atoms with Gasteiger partial charge in [-0.05, 0) is 25.3 Å². The van der Waals surface area contributed by atoms with Gasteiger partial charge in [0.05, 0.1) is 6.10 Å². The van der Waals surface area contributed by atoms with Crippen molar-refractivity contribution in [3.05, 3.63) is 42.2 Å². The molecule has 1 aromatic heterocycles. The maximum absolute atomic E-state index is 13.0. The van der Waals surface area contributed by atoms with E-state index in [2.05, 4.69) is 15.5 Å². The van der Waals surface area contributed by atoms with Gasteiger partial charge >= 0.3 is 0 Å². The van der Waals surface area contributed by atoms with Crippen molar-refractivity contribution in [1.82, 2.24) is 19.7 Å². The van der Waals surface area contributed by atoms with E-state index in [1.807, 2.05) is 34.9 Å². The summed E-state index contributed by atoms with van der Waals surface area (Å²) in [6.45, 7) is 2.15. The molecule has 8 nitrogen and oxygen atoms in total. The van der Waals surface area contributed by atoms with Gasteiger partial charge in [0.1, 0.15) is 19.0 Å². The topological polar surface area (TPSA) is 89.3 Å². The van der Waals surface area contributed by atoms with Crippen molar-refractivity contribution in [2.24, 2.45) is 0 Å². The smallest absolute Gasteiger partial charge is 0.252 e. The molecule has 2 atom stereocenters. The monoisotopic (exact) mass is 355 g/mol. The van der Waals surface area contributed by atoms with E-state index in [0.29, 0.717) is 18.5 Å². The Morgan fingerprint density at radius 3 is 2.81 bits per heavy atom. The highest BCUT2D eigenvalue weighted by atomic mass is 16.5. The minimum absolute atomic E-state index is 0.0178. The number of amides is 2. The minimum Gasteiger partial charge on any atom is -0.366 e. The van der Waals surface area contributed by atoms with E-state index in [0.717, 1.165) is 18.4 Å². The normalized spacial score (nSPS) is 23.1. The zero-order chi connectivity index (χ0) is 18.1. The first kappa shape index (κ1) is 16.7. The Morgan fingerprint density at radius 1 is 1.31 bits per heavy atom. The maximum Gasteiger partial charge on any atom is 0.252 e. The number of benzene rings is 1. The second kappa shape index (κ2) is 6.87. The molecule has 1 aromatic carbocycles. The average Bonchev–Trinajstić information content (AvgIpc) is 3.38. The lowest BCUT2D eigenvalue weighted by Gasteiger charge is -2.38. The summed E-state index contributed by atoms with van der Waals surface area (Å²) < 4.78 is 7.38. The molecule has 1 N–H and O–H groups in total. The number of hydrogen-bond donors (Lipinski definition) is 1. The number of morpholine rings is 1. The van der Waals surface area contributed by atoms with E-state index >= 15 is 0 Å². The molecule has 2 aliphatic rings. The number of hydrogen-bond acceptors (Lipinski definition) is 5. The fourth-order valence-electron chi connectivity index (χ4n) is 3.24. The molecular weight excluding hydrogens is 334 g/mol. The molecule has 8 heteroatoms. The van der Waals surface area contributed by atoms with E-state index in [1.54, 1.807) is 18.2 Å². The van der Waals surface area contributed by atoms with Crippen LogP contribution in [-0.2, 0) is 20.9 Å². The van der Waals surface area contributed by atoms with Gasteiger partial charge in [0.15, 0.2) is 0 Å². The largest absolute Gasteiger partial charge is 0.366 e. The van der Waals surface area contributed by atoms with Crippen LogP contribution >= 0.6 is 0 Å². The van der Waals surface area contributed by atoms with Gasteiger partial charge in [-0.3, -0.25) is 19.5 Å². The van der Waals surface area contributed by atoms with Gasteiger partial charge in [-0.15, -0.1) is 10.2 Å². The van der Waals surface area contributed by atoms with E-state index in [-0.39, 0.29) is 18.4 Å². The Balaban J connectivity index is 1.54. The lowest BCUT2D eigenvalue weighted by molar-refractivity contribution is -0.161. The summed E-state index contributed by atoms with van der Waals surface area (Å²) in [5.74, 6) is -0.0884. The molecule has 2 aromatic rings. The third-order valence-corrected chi connectivity index (χ3v) is 4.78. The molecule has 2 heterocycles. The van der Waals surface area contributed by atoms with Crippen molar-refractivity contribution in [1.29, 1.82) is 0 Å². The molecule has 1 saturated heterocycles.